The highest BCUT2D eigenvalue weighted by molar-refractivity contribution is 6.42. The van der Waals surface area contributed by atoms with Crippen LogP contribution < -0.4 is 10.7 Å². The Bertz CT molecular complexity index is 742. The van der Waals surface area contributed by atoms with Gasteiger partial charge in [0.15, 0.2) is 0 Å². The van der Waals surface area contributed by atoms with Crippen molar-refractivity contribution in [3.63, 3.8) is 0 Å². The molecule has 1 aliphatic heterocycles. The van der Waals surface area contributed by atoms with Gasteiger partial charge in [-0.3, -0.25) is 10.2 Å². The van der Waals surface area contributed by atoms with Crippen LogP contribution in [-0.4, -0.2) is 29.7 Å². The number of carbonyl (C=O) groups excluding carboxylic acids is 1. The Morgan fingerprint density at radius 3 is 2.36 bits per heavy atom. The van der Waals surface area contributed by atoms with E-state index in [1.165, 1.54) is 6.42 Å². The number of carbonyl (C=O) groups is 1. The van der Waals surface area contributed by atoms with E-state index in [0.29, 0.717) is 16.5 Å². The molecule has 0 unspecified atom stereocenters. The molecule has 0 bridgehead atoms. The quantitative estimate of drug-likeness (QED) is 0.492. The van der Waals surface area contributed by atoms with Crippen LogP contribution in [0, 0.1) is 0 Å². The number of nitrogens with zero attached hydrogens (tertiary/aromatic N) is 2. The lowest BCUT2D eigenvalue weighted by molar-refractivity contribution is -0.111. The first-order valence-electron chi connectivity index (χ1n) is 8.43. The van der Waals surface area contributed by atoms with Gasteiger partial charge in [0.1, 0.15) is 0 Å². The summed E-state index contributed by atoms with van der Waals surface area (Å²) in [6, 6.07) is 16.7. The molecule has 5 nitrogen and oxygen atoms in total. The van der Waals surface area contributed by atoms with Crippen molar-refractivity contribution in [1.29, 1.82) is 0 Å². The number of halogens is 1. The van der Waals surface area contributed by atoms with Crippen LogP contribution >= 0.6 is 11.6 Å². The van der Waals surface area contributed by atoms with Crippen LogP contribution in [-0.2, 0) is 4.79 Å². The molecule has 3 rings (SSSR count). The minimum Gasteiger partial charge on any atom is -0.351 e. The van der Waals surface area contributed by atoms with Crippen molar-refractivity contribution >= 4 is 34.7 Å². The number of nitrogens with one attached hydrogen (secondary N) is 2. The molecule has 1 fully saturated rings. The van der Waals surface area contributed by atoms with Gasteiger partial charge in [-0.1, -0.05) is 41.9 Å². The highest BCUT2D eigenvalue weighted by atomic mass is 35.5. The van der Waals surface area contributed by atoms with Crippen molar-refractivity contribution in [2.75, 3.05) is 23.8 Å². The van der Waals surface area contributed by atoms with Gasteiger partial charge in [-0.25, -0.2) is 0 Å². The fourth-order valence-corrected chi connectivity index (χ4v) is 2.92. The second kappa shape index (κ2) is 8.53. The second-order valence-corrected chi connectivity index (χ2v) is 6.30. The van der Waals surface area contributed by atoms with Gasteiger partial charge < -0.3 is 10.2 Å². The molecule has 1 aliphatic rings. The fraction of sp³-hybridized carbons (Fsp3) is 0.263. The third kappa shape index (κ3) is 4.73. The number of hydrogen-bond donors (Lipinski definition) is 2. The summed E-state index contributed by atoms with van der Waals surface area (Å²) in [5.74, 6) is 0.149. The third-order valence-corrected chi connectivity index (χ3v) is 4.38. The van der Waals surface area contributed by atoms with Gasteiger partial charge >= 0.3 is 0 Å². The topological polar surface area (TPSA) is 56.7 Å². The Hall–Kier alpha value is -2.53. The predicted molar refractivity (Wildman–Crippen MR) is 103 cm³/mol. The van der Waals surface area contributed by atoms with Crippen molar-refractivity contribution in [3.8, 4) is 0 Å². The van der Waals surface area contributed by atoms with E-state index in [0.717, 1.165) is 31.6 Å². The number of hydrogen-bond acceptors (Lipinski definition) is 3. The van der Waals surface area contributed by atoms with Crippen LogP contribution in [0.3, 0.4) is 0 Å². The fourth-order valence-electron chi connectivity index (χ4n) is 2.74. The van der Waals surface area contributed by atoms with Gasteiger partial charge in [0, 0.05) is 18.8 Å². The van der Waals surface area contributed by atoms with Gasteiger partial charge in [-0.15, -0.1) is 0 Å². The number of amides is 1. The largest absolute Gasteiger partial charge is 0.351 e. The van der Waals surface area contributed by atoms with E-state index >= 15 is 0 Å². The molecule has 0 saturated carbocycles. The molecule has 2 aromatic carbocycles. The zero-order valence-electron chi connectivity index (χ0n) is 13.9. The van der Waals surface area contributed by atoms with Crippen LogP contribution in [0.25, 0.3) is 0 Å². The normalized spacial score (nSPS) is 14.9. The van der Waals surface area contributed by atoms with E-state index < -0.39 is 0 Å². The summed E-state index contributed by atoms with van der Waals surface area (Å²) in [7, 11) is 0. The van der Waals surface area contributed by atoms with E-state index in [2.05, 4.69) is 15.8 Å². The van der Waals surface area contributed by atoms with Crippen LogP contribution in [0.5, 0.6) is 0 Å². The molecule has 0 spiro atoms. The van der Waals surface area contributed by atoms with E-state index in [4.69, 9.17) is 11.6 Å². The maximum Gasteiger partial charge on any atom is 0.293 e. The number of anilines is 2. The molecule has 0 atom stereocenters. The number of para-hydroxylation sites is 2. The lowest BCUT2D eigenvalue weighted by Gasteiger charge is -2.28. The molecule has 2 N–H and O–H groups in total. The van der Waals surface area contributed by atoms with Crippen molar-refractivity contribution in [2.24, 2.45) is 5.10 Å². The molecule has 25 heavy (non-hydrogen) atoms. The first kappa shape index (κ1) is 17.3. The first-order chi connectivity index (χ1) is 12.2. The van der Waals surface area contributed by atoms with Crippen molar-refractivity contribution in [2.45, 2.75) is 19.3 Å². The smallest absolute Gasteiger partial charge is 0.293 e. The molecule has 1 saturated heterocycles. The van der Waals surface area contributed by atoms with E-state index in [1.807, 2.05) is 53.4 Å². The average molecular weight is 357 g/mol. The zero-order chi connectivity index (χ0) is 17.5. The summed E-state index contributed by atoms with van der Waals surface area (Å²) in [6.45, 7) is 1.65. The van der Waals surface area contributed by atoms with E-state index in [-0.39, 0.29) is 5.91 Å². The lowest BCUT2D eigenvalue weighted by Crippen LogP contribution is -2.43. The van der Waals surface area contributed by atoms with Crippen LogP contribution in [0.15, 0.2) is 59.7 Å². The van der Waals surface area contributed by atoms with Crippen molar-refractivity contribution < 1.29 is 4.79 Å². The van der Waals surface area contributed by atoms with Gasteiger partial charge in [0.25, 0.3) is 5.91 Å². The standard InChI is InChI=1S/C19H21ClN4O/c20-16-11-5-6-12-17(16)22-23-18(24-13-7-2-8-14-24)19(25)21-15-9-3-1-4-10-15/h1,3-6,9-12,22H,2,7-8,13-14H2,(H,21,25)/b23-18-. The average Bonchev–Trinajstić information content (AvgIpc) is 2.65. The Kier molecular flexibility index (Phi) is 5.90. The number of rotatable bonds is 3. The molecule has 0 radical (unpaired) electrons. The molecular weight excluding hydrogens is 336 g/mol. The second-order valence-electron chi connectivity index (χ2n) is 5.89. The summed E-state index contributed by atoms with van der Waals surface area (Å²) in [5, 5.41) is 7.84. The Morgan fingerprint density at radius 1 is 0.960 bits per heavy atom. The minimum atomic E-state index is -0.229. The molecule has 0 aromatic heterocycles. The number of piperidine rings is 1. The highest BCUT2D eigenvalue weighted by Crippen LogP contribution is 2.20. The molecule has 0 aliphatic carbocycles. The first-order valence-corrected chi connectivity index (χ1v) is 8.81. The molecule has 130 valence electrons. The maximum absolute atomic E-state index is 12.8. The SMILES string of the molecule is O=C(Nc1ccccc1)/C(=N/Nc1ccccc1Cl)N1CCCCC1. The Morgan fingerprint density at radius 2 is 1.64 bits per heavy atom. The summed E-state index contributed by atoms with van der Waals surface area (Å²) in [4.78, 5) is 14.8. The zero-order valence-corrected chi connectivity index (χ0v) is 14.7. The van der Waals surface area contributed by atoms with Gasteiger partial charge in [-0.05, 0) is 43.5 Å². The van der Waals surface area contributed by atoms with Crippen LogP contribution in [0.4, 0.5) is 11.4 Å². The summed E-state index contributed by atoms with van der Waals surface area (Å²) < 4.78 is 0. The van der Waals surface area contributed by atoms with E-state index in [9.17, 15) is 4.79 Å². The summed E-state index contributed by atoms with van der Waals surface area (Å²) in [6.07, 6.45) is 3.30. The number of amidine groups is 1. The van der Waals surface area contributed by atoms with E-state index in [1.54, 1.807) is 6.07 Å². The monoisotopic (exact) mass is 356 g/mol. The van der Waals surface area contributed by atoms with Gasteiger partial charge in [0.05, 0.1) is 10.7 Å². The lowest BCUT2D eigenvalue weighted by atomic mass is 10.1. The predicted octanol–water partition coefficient (Wildman–Crippen LogP) is 4.19. The summed E-state index contributed by atoms with van der Waals surface area (Å²) in [5.41, 5.74) is 4.35. The minimum absolute atomic E-state index is 0.229. The summed E-state index contributed by atoms with van der Waals surface area (Å²) >= 11 is 6.16. The van der Waals surface area contributed by atoms with Gasteiger partial charge in [-0.2, -0.15) is 5.10 Å². The van der Waals surface area contributed by atoms with Crippen LogP contribution in [0.1, 0.15) is 19.3 Å². The van der Waals surface area contributed by atoms with Crippen molar-refractivity contribution in [3.05, 3.63) is 59.6 Å². The van der Waals surface area contributed by atoms with Gasteiger partial charge in [0.2, 0.25) is 5.84 Å². The molecular formula is C19H21ClN4O. The molecule has 1 amide bonds. The highest BCUT2D eigenvalue weighted by Gasteiger charge is 2.22. The number of benzene rings is 2. The number of likely N-dealkylation sites (tertiary alicyclic amines) is 1. The van der Waals surface area contributed by atoms with Crippen molar-refractivity contribution in [1.82, 2.24) is 4.90 Å². The van der Waals surface area contributed by atoms with Crippen LogP contribution in [0.2, 0.25) is 5.02 Å². The third-order valence-electron chi connectivity index (χ3n) is 4.05. The Balaban J connectivity index is 1.80. The molecule has 2 aromatic rings. The maximum atomic E-state index is 12.8. The Labute approximate surface area is 152 Å². The number of hydrazone groups is 1. The molecule has 1 heterocycles. The molecule has 6 heteroatoms.